The molecule has 0 bridgehead atoms. The van der Waals surface area contributed by atoms with Crippen LogP contribution in [-0.2, 0) is 0 Å². The molecule has 0 radical (unpaired) electrons. The number of aliphatic hydroxyl groups excluding tert-OH is 2. The Kier molecular flexibility index (Phi) is 3.99. The third kappa shape index (κ3) is 2.64. The van der Waals surface area contributed by atoms with Crippen molar-refractivity contribution in [3.05, 3.63) is 29.3 Å². The molecular weight excluding hydrogens is 206 g/mol. The van der Waals surface area contributed by atoms with Gasteiger partial charge in [0, 0.05) is 13.0 Å². The normalized spacial score (nSPS) is 12.6. The van der Waals surface area contributed by atoms with Crippen molar-refractivity contribution in [3.63, 3.8) is 0 Å². The summed E-state index contributed by atoms with van der Waals surface area (Å²) >= 11 is 0. The molecule has 5 heteroatoms. The monoisotopic (exact) mass is 218 g/mol. The lowest BCUT2D eigenvalue weighted by Crippen LogP contribution is -2.03. The fraction of sp³-hybridized carbons (Fsp3) is 0.400. The minimum Gasteiger partial charge on any atom is -0.494 e. The Bertz CT molecular complexity index is 342. The topological polar surface area (TPSA) is 49.7 Å². The van der Waals surface area contributed by atoms with Crippen molar-refractivity contribution in [2.75, 3.05) is 13.7 Å². The van der Waals surface area contributed by atoms with Gasteiger partial charge in [-0.15, -0.1) is 0 Å². The molecule has 1 aromatic rings. The maximum absolute atomic E-state index is 13.0. The fourth-order valence-corrected chi connectivity index (χ4v) is 1.21. The first-order valence-corrected chi connectivity index (χ1v) is 4.42. The van der Waals surface area contributed by atoms with Gasteiger partial charge >= 0.3 is 0 Å². The first-order chi connectivity index (χ1) is 7.10. The molecule has 0 fully saturated rings. The number of aliphatic hydroxyl groups is 2. The second kappa shape index (κ2) is 5.04. The molecule has 1 rings (SSSR count). The first-order valence-electron chi connectivity index (χ1n) is 4.42. The van der Waals surface area contributed by atoms with Gasteiger partial charge in [0.25, 0.3) is 0 Å². The largest absolute Gasteiger partial charge is 0.494 e. The summed E-state index contributed by atoms with van der Waals surface area (Å²) in [7, 11) is 1.21. The van der Waals surface area contributed by atoms with E-state index in [9.17, 15) is 13.9 Å². The van der Waals surface area contributed by atoms with E-state index in [1.54, 1.807) is 0 Å². The molecule has 0 amide bonds. The SMILES string of the molecule is COc1cc(C(O)CCO)cc(F)c1F. The Morgan fingerprint density at radius 2 is 2.07 bits per heavy atom. The van der Waals surface area contributed by atoms with Gasteiger partial charge in [-0.25, -0.2) is 4.39 Å². The lowest BCUT2D eigenvalue weighted by molar-refractivity contribution is 0.133. The van der Waals surface area contributed by atoms with Crippen molar-refractivity contribution in [2.24, 2.45) is 0 Å². The molecule has 0 aliphatic carbocycles. The average Bonchev–Trinajstić information content (AvgIpc) is 2.22. The smallest absolute Gasteiger partial charge is 0.200 e. The summed E-state index contributed by atoms with van der Waals surface area (Å²) in [6, 6.07) is 2.09. The summed E-state index contributed by atoms with van der Waals surface area (Å²) in [5.41, 5.74) is 0.180. The fourth-order valence-electron chi connectivity index (χ4n) is 1.21. The number of rotatable bonds is 4. The summed E-state index contributed by atoms with van der Waals surface area (Å²) in [6.07, 6.45) is -0.965. The van der Waals surface area contributed by atoms with Gasteiger partial charge in [-0.2, -0.15) is 4.39 Å². The van der Waals surface area contributed by atoms with Crippen molar-refractivity contribution in [1.82, 2.24) is 0 Å². The molecule has 1 unspecified atom stereocenters. The van der Waals surface area contributed by atoms with Crippen LogP contribution in [0.15, 0.2) is 12.1 Å². The standard InChI is InChI=1S/C10H12F2O3/c1-15-9-5-6(8(14)2-3-13)4-7(11)10(9)12/h4-5,8,13-14H,2-3H2,1H3. The van der Waals surface area contributed by atoms with E-state index in [2.05, 4.69) is 4.74 Å². The van der Waals surface area contributed by atoms with Gasteiger partial charge in [0.15, 0.2) is 11.6 Å². The quantitative estimate of drug-likeness (QED) is 0.802. The number of ether oxygens (including phenoxy) is 1. The molecule has 0 saturated heterocycles. The molecule has 15 heavy (non-hydrogen) atoms. The Morgan fingerprint density at radius 3 is 2.60 bits per heavy atom. The number of hydrogen-bond donors (Lipinski definition) is 2. The van der Waals surface area contributed by atoms with Crippen LogP contribution in [0.3, 0.4) is 0 Å². The molecule has 84 valence electrons. The van der Waals surface area contributed by atoms with Gasteiger partial charge in [0.1, 0.15) is 0 Å². The summed E-state index contributed by atoms with van der Waals surface area (Å²) in [5, 5.41) is 18.0. The van der Waals surface area contributed by atoms with Gasteiger partial charge in [0.2, 0.25) is 5.82 Å². The van der Waals surface area contributed by atoms with Crippen LogP contribution in [0.5, 0.6) is 5.75 Å². The lowest BCUT2D eigenvalue weighted by atomic mass is 10.1. The van der Waals surface area contributed by atoms with Crippen LogP contribution in [0.2, 0.25) is 0 Å². The second-order valence-electron chi connectivity index (χ2n) is 3.05. The molecule has 1 aromatic carbocycles. The lowest BCUT2D eigenvalue weighted by Gasteiger charge is -2.11. The van der Waals surface area contributed by atoms with Crippen molar-refractivity contribution in [2.45, 2.75) is 12.5 Å². The minimum absolute atomic E-state index is 0.0637. The first kappa shape index (κ1) is 11.9. The molecule has 0 saturated carbocycles. The van der Waals surface area contributed by atoms with Crippen LogP contribution in [0.4, 0.5) is 8.78 Å². The average molecular weight is 218 g/mol. The van der Waals surface area contributed by atoms with Crippen molar-refractivity contribution >= 4 is 0 Å². The highest BCUT2D eigenvalue weighted by molar-refractivity contribution is 5.32. The summed E-state index contributed by atoms with van der Waals surface area (Å²) < 4.78 is 30.6. The molecule has 0 heterocycles. The maximum atomic E-state index is 13.0. The second-order valence-corrected chi connectivity index (χ2v) is 3.05. The van der Waals surface area contributed by atoms with E-state index in [0.29, 0.717) is 0 Å². The van der Waals surface area contributed by atoms with E-state index in [1.807, 2.05) is 0 Å². The van der Waals surface area contributed by atoms with E-state index in [0.717, 1.165) is 6.07 Å². The Labute approximate surface area is 85.9 Å². The Hall–Kier alpha value is -1.20. The molecule has 3 nitrogen and oxygen atoms in total. The Balaban J connectivity index is 3.05. The van der Waals surface area contributed by atoms with Crippen molar-refractivity contribution in [3.8, 4) is 5.75 Å². The van der Waals surface area contributed by atoms with Crippen LogP contribution in [0.25, 0.3) is 0 Å². The summed E-state index contributed by atoms with van der Waals surface area (Å²) in [5.74, 6) is -2.43. The van der Waals surface area contributed by atoms with Gasteiger partial charge in [0.05, 0.1) is 13.2 Å². The number of halogens is 2. The summed E-state index contributed by atoms with van der Waals surface area (Å²) in [4.78, 5) is 0. The molecule has 0 spiro atoms. The van der Waals surface area contributed by atoms with E-state index in [-0.39, 0.29) is 24.3 Å². The minimum atomic E-state index is -1.09. The third-order valence-corrected chi connectivity index (χ3v) is 2.02. The van der Waals surface area contributed by atoms with Crippen LogP contribution in [0, 0.1) is 11.6 Å². The van der Waals surface area contributed by atoms with Gasteiger partial charge in [-0.3, -0.25) is 0 Å². The van der Waals surface area contributed by atoms with E-state index < -0.39 is 17.7 Å². The number of benzene rings is 1. The zero-order valence-corrected chi connectivity index (χ0v) is 8.20. The molecule has 0 aromatic heterocycles. The van der Waals surface area contributed by atoms with Gasteiger partial charge < -0.3 is 14.9 Å². The van der Waals surface area contributed by atoms with E-state index >= 15 is 0 Å². The predicted octanol–water partition coefficient (Wildman–Crippen LogP) is 1.39. The van der Waals surface area contributed by atoms with Crippen molar-refractivity contribution < 1.29 is 23.7 Å². The van der Waals surface area contributed by atoms with Crippen LogP contribution in [-0.4, -0.2) is 23.9 Å². The van der Waals surface area contributed by atoms with E-state index in [4.69, 9.17) is 5.11 Å². The zero-order chi connectivity index (χ0) is 11.4. The number of hydrogen-bond acceptors (Lipinski definition) is 3. The van der Waals surface area contributed by atoms with Gasteiger partial charge in [-0.1, -0.05) is 0 Å². The third-order valence-electron chi connectivity index (χ3n) is 2.02. The van der Waals surface area contributed by atoms with Crippen molar-refractivity contribution in [1.29, 1.82) is 0 Å². The highest BCUT2D eigenvalue weighted by Gasteiger charge is 2.15. The number of methoxy groups -OCH3 is 1. The predicted molar refractivity (Wildman–Crippen MR) is 49.6 cm³/mol. The molecule has 1 atom stereocenters. The zero-order valence-electron chi connectivity index (χ0n) is 8.20. The highest BCUT2D eigenvalue weighted by Crippen LogP contribution is 2.26. The highest BCUT2D eigenvalue weighted by atomic mass is 19.2. The van der Waals surface area contributed by atoms with Crippen LogP contribution in [0.1, 0.15) is 18.1 Å². The van der Waals surface area contributed by atoms with Crippen LogP contribution < -0.4 is 4.74 Å². The molecule has 0 aliphatic rings. The van der Waals surface area contributed by atoms with Crippen LogP contribution >= 0.6 is 0 Å². The van der Waals surface area contributed by atoms with E-state index in [1.165, 1.54) is 13.2 Å². The molecule has 2 N–H and O–H groups in total. The summed E-state index contributed by atoms with van der Waals surface area (Å²) in [6.45, 7) is -0.234. The molecule has 0 aliphatic heterocycles. The van der Waals surface area contributed by atoms with Gasteiger partial charge in [-0.05, 0) is 17.7 Å². The molecular formula is C10H12F2O3. The Morgan fingerprint density at radius 1 is 1.40 bits per heavy atom. The maximum Gasteiger partial charge on any atom is 0.200 e.